The lowest BCUT2D eigenvalue weighted by molar-refractivity contribution is 0.132. The van der Waals surface area contributed by atoms with Gasteiger partial charge in [0.2, 0.25) is 10.0 Å². The molecule has 23 heavy (non-hydrogen) atoms. The molecule has 0 radical (unpaired) electrons. The normalized spacial score (nSPS) is 25.1. The third kappa shape index (κ3) is 3.42. The third-order valence-corrected chi connectivity index (χ3v) is 6.95. The molecule has 2 fully saturated rings. The van der Waals surface area contributed by atoms with Crippen LogP contribution in [-0.2, 0) is 10.0 Å². The van der Waals surface area contributed by atoms with Crippen molar-refractivity contribution in [2.45, 2.75) is 43.2 Å². The molecule has 0 saturated carbocycles. The van der Waals surface area contributed by atoms with Crippen LogP contribution in [0.15, 0.2) is 23.1 Å². The number of hydrogen-bond acceptors (Lipinski definition) is 4. The van der Waals surface area contributed by atoms with Gasteiger partial charge in [0.1, 0.15) is 5.82 Å². The van der Waals surface area contributed by atoms with Crippen molar-refractivity contribution >= 4 is 10.0 Å². The Hall–Kier alpha value is -1.02. The SMILES string of the molecule is Cc1cc(F)ccc1S(=O)(=O)N1CCC(N2CC[C@@H](O)C2)CC1. The smallest absolute Gasteiger partial charge is 0.243 e. The summed E-state index contributed by atoms with van der Waals surface area (Å²) in [7, 11) is -3.57. The van der Waals surface area contributed by atoms with Crippen molar-refractivity contribution < 1.29 is 17.9 Å². The zero-order chi connectivity index (χ0) is 16.6. The second-order valence-corrected chi connectivity index (χ2v) is 8.39. The van der Waals surface area contributed by atoms with E-state index in [1.165, 1.54) is 22.5 Å². The number of aliphatic hydroxyl groups excluding tert-OH is 1. The van der Waals surface area contributed by atoms with Crippen LogP contribution in [0.25, 0.3) is 0 Å². The van der Waals surface area contributed by atoms with Crippen LogP contribution < -0.4 is 0 Å². The third-order valence-electron chi connectivity index (χ3n) is 4.89. The molecule has 2 aliphatic rings. The predicted molar refractivity (Wildman–Crippen MR) is 85.1 cm³/mol. The quantitative estimate of drug-likeness (QED) is 0.901. The van der Waals surface area contributed by atoms with E-state index in [0.717, 1.165) is 25.8 Å². The first-order valence-electron chi connectivity index (χ1n) is 8.06. The molecule has 1 N–H and O–H groups in total. The summed E-state index contributed by atoms with van der Waals surface area (Å²) in [6.45, 7) is 4.13. The number of likely N-dealkylation sites (tertiary alicyclic amines) is 1. The highest BCUT2D eigenvalue weighted by Crippen LogP contribution is 2.27. The van der Waals surface area contributed by atoms with Crippen molar-refractivity contribution in [2.75, 3.05) is 26.2 Å². The number of rotatable bonds is 3. The summed E-state index contributed by atoms with van der Waals surface area (Å²) in [5.41, 5.74) is 0.440. The molecular formula is C16H23FN2O3S. The van der Waals surface area contributed by atoms with E-state index >= 15 is 0 Å². The van der Waals surface area contributed by atoms with E-state index in [1.807, 2.05) is 0 Å². The van der Waals surface area contributed by atoms with E-state index in [1.54, 1.807) is 6.92 Å². The summed E-state index contributed by atoms with van der Waals surface area (Å²) in [4.78, 5) is 2.45. The largest absolute Gasteiger partial charge is 0.392 e. The molecule has 0 unspecified atom stereocenters. The van der Waals surface area contributed by atoms with Gasteiger partial charge in [-0.25, -0.2) is 12.8 Å². The van der Waals surface area contributed by atoms with Gasteiger partial charge in [0.05, 0.1) is 11.0 Å². The van der Waals surface area contributed by atoms with Crippen LogP contribution in [0.5, 0.6) is 0 Å². The summed E-state index contributed by atoms with van der Waals surface area (Å²) in [5.74, 6) is -0.423. The van der Waals surface area contributed by atoms with Gasteiger partial charge in [0.15, 0.2) is 0 Å². The minimum atomic E-state index is -3.57. The van der Waals surface area contributed by atoms with Gasteiger partial charge < -0.3 is 5.11 Å². The van der Waals surface area contributed by atoms with Gasteiger partial charge >= 0.3 is 0 Å². The average Bonchev–Trinajstić information content (AvgIpc) is 2.93. The number of nitrogens with zero attached hydrogens (tertiary/aromatic N) is 2. The maximum absolute atomic E-state index is 13.2. The fourth-order valence-electron chi connectivity index (χ4n) is 3.59. The fraction of sp³-hybridized carbons (Fsp3) is 0.625. The Bertz CT molecular complexity index is 672. The second kappa shape index (κ2) is 6.47. The average molecular weight is 342 g/mol. The molecule has 2 aliphatic heterocycles. The highest BCUT2D eigenvalue weighted by molar-refractivity contribution is 7.89. The number of aryl methyl sites for hydroxylation is 1. The summed E-state index contributed by atoms with van der Waals surface area (Å²) in [6.07, 6.45) is 2.09. The van der Waals surface area contributed by atoms with Gasteiger partial charge in [0, 0.05) is 32.2 Å². The molecule has 1 aromatic carbocycles. The molecule has 0 aliphatic carbocycles. The highest BCUT2D eigenvalue weighted by Gasteiger charge is 2.34. The zero-order valence-corrected chi connectivity index (χ0v) is 14.1. The summed E-state index contributed by atoms with van der Waals surface area (Å²) >= 11 is 0. The molecular weight excluding hydrogens is 319 g/mol. The van der Waals surface area contributed by atoms with Crippen molar-refractivity contribution in [3.8, 4) is 0 Å². The fourth-order valence-corrected chi connectivity index (χ4v) is 5.26. The van der Waals surface area contributed by atoms with Gasteiger partial charge in [-0.15, -0.1) is 0 Å². The highest BCUT2D eigenvalue weighted by atomic mass is 32.2. The first-order chi connectivity index (χ1) is 10.9. The van der Waals surface area contributed by atoms with Crippen LogP contribution in [0.4, 0.5) is 4.39 Å². The molecule has 0 amide bonds. The van der Waals surface area contributed by atoms with E-state index in [9.17, 15) is 17.9 Å². The van der Waals surface area contributed by atoms with Crippen molar-refractivity contribution in [3.05, 3.63) is 29.6 Å². The molecule has 2 heterocycles. The summed E-state index contributed by atoms with van der Waals surface area (Å²) < 4.78 is 40.2. The van der Waals surface area contributed by atoms with E-state index in [-0.39, 0.29) is 11.0 Å². The van der Waals surface area contributed by atoms with Gasteiger partial charge in [-0.3, -0.25) is 4.90 Å². The first kappa shape index (κ1) is 16.8. The predicted octanol–water partition coefficient (Wildman–Crippen LogP) is 1.35. The van der Waals surface area contributed by atoms with Gasteiger partial charge in [0.25, 0.3) is 0 Å². The van der Waals surface area contributed by atoms with Crippen LogP contribution in [0, 0.1) is 12.7 Å². The molecule has 5 nitrogen and oxygen atoms in total. The number of sulfonamides is 1. The second-order valence-electron chi connectivity index (χ2n) is 6.48. The lowest BCUT2D eigenvalue weighted by Crippen LogP contribution is -2.46. The van der Waals surface area contributed by atoms with E-state index in [0.29, 0.717) is 31.2 Å². The molecule has 0 bridgehead atoms. The van der Waals surface area contributed by atoms with Gasteiger partial charge in [-0.2, -0.15) is 4.31 Å². The number of hydrogen-bond donors (Lipinski definition) is 1. The Labute approximate surface area is 136 Å². The van der Waals surface area contributed by atoms with Crippen LogP contribution in [0.2, 0.25) is 0 Å². The van der Waals surface area contributed by atoms with Crippen LogP contribution in [-0.4, -0.2) is 61.1 Å². The minimum absolute atomic E-state index is 0.189. The Morgan fingerprint density at radius 1 is 1.17 bits per heavy atom. The van der Waals surface area contributed by atoms with Crippen molar-refractivity contribution in [1.29, 1.82) is 0 Å². The minimum Gasteiger partial charge on any atom is -0.392 e. The van der Waals surface area contributed by atoms with E-state index < -0.39 is 15.8 Å². The van der Waals surface area contributed by atoms with Gasteiger partial charge in [-0.1, -0.05) is 0 Å². The molecule has 0 spiro atoms. The monoisotopic (exact) mass is 342 g/mol. The molecule has 3 rings (SSSR count). The zero-order valence-electron chi connectivity index (χ0n) is 13.3. The Morgan fingerprint density at radius 3 is 2.43 bits per heavy atom. The lowest BCUT2D eigenvalue weighted by Gasteiger charge is -2.36. The van der Waals surface area contributed by atoms with E-state index in [4.69, 9.17) is 0 Å². The van der Waals surface area contributed by atoms with Crippen molar-refractivity contribution in [2.24, 2.45) is 0 Å². The standard InChI is InChI=1S/C16H23FN2O3S/c1-12-10-13(17)2-3-16(12)23(21,22)19-8-4-14(5-9-19)18-7-6-15(20)11-18/h2-3,10,14-15,20H,4-9,11H2,1H3/t15-/m1/s1. The molecule has 128 valence electrons. The van der Waals surface area contributed by atoms with Crippen LogP contribution >= 0.6 is 0 Å². The van der Waals surface area contributed by atoms with Crippen molar-refractivity contribution in [3.63, 3.8) is 0 Å². The Balaban J connectivity index is 1.69. The molecule has 1 atom stereocenters. The molecule has 7 heteroatoms. The molecule has 1 aromatic rings. The first-order valence-corrected chi connectivity index (χ1v) is 9.50. The summed E-state index contributed by atoms with van der Waals surface area (Å²) in [6, 6.07) is 4.14. The Morgan fingerprint density at radius 2 is 1.87 bits per heavy atom. The Kier molecular flexibility index (Phi) is 4.73. The van der Waals surface area contributed by atoms with Crippen LogP contribution in [0.3, 0.4) is 0 Å². The number of β-amino-alcohol motifs (C(OH)–C–C–N with tert-alkyl or cyclic N) is 1. The number of halogens is 1. The topological polar surface area (TPSA) is 60.9 Å². The number of aliphatic hydroxyl groups is 1. The van der Waals surface area contributed by atoms with Crippen LogP contribution in [0.1, 0.15) is 24.8 Å². The van der Waals surface area contributed by atoms with E-state index in [2.05, 4.69) is 4.90 Å². The lowest BCUT2D eigenvalue weighted by atomic mass is 10.1. The maximum atomic E-state index is 13.2. The molecule has 0 aromatic heterocycles. The number of piperidine rings is 1. The summed E-state index contributed by atoms with van der Waals surface area (Å²) in [5, 5.41) is 9.63. The van der Waals surface area contributed by atoms with Crippen molar-refractivity contribution in [1.82, 2.24) is 9.21 Å². The maximum Gasteiger partial charge on any atom is 0.243 e. The molecule has 2 saturated heterocycles. The van der Waals surface area contributed by atoms with Gasteiger partial charge in [-0.05, 0) is 49.9 Å². The number of benzene rings is 1.